The number of hydrogen-bond acceptors (Lipinski definition) is 5. The number of furan rings is 1. The Morgan fingerprint density at radius 3 is 2.56 bits per heavy atom. The van der Waals surface area contributed by atoms with Crippen LogP contribution in [0.1, 0.15) is 24.2 Å². The minimum Gasteiger partial charge on any atom is -0.497 e. The number of piperidine rings is 1. The van der Waals surface area contributed by atoms with Crippen molar-refractivity contribution in [1.29, 1.82) is 0 Å². The first-order valence-corrected chi connectivity index (χ1v) is 11.0. The fourth-order valence-corrected chi connectivity index (χ4v) is 4.47. The lowest BCUT2D eigenvalue weighted by molar-refractivity contribution is 0.168. The van der Waals surface area contributed by atoms with Gasteiger partial charge in [0.25, 0.3) is 0 Å². The fourth-order valence-electron chi connectivity index (χ4n) is 3.33. The second-order valence-electron chi connectivity index (χ2n) is 7.06. The molecular weight excluding hydrogens is 364 g/mol. The van der Waals surface area contributed by atoms with Crippen molar-refractivity contribution in [3.63, 3.8) is 0 Å². The van der Waals surface area contributed by atoms with Crippen molar-refractivity contribution in [2.24, 2.45) is 5.92 Å². The highest BCUT2D eigenvalue weighted by atomic mass is 32.2. The molecule has 3 rings (SSSR count). The second-order valence-corrected chi connectivity index (χ2v) is 8.99. The molecule has 7 heteroatoms. The topological polar surface area (TPSA) is 71.8 Å². The Labute approximate surface area is 161 Å². The number of aryl methyl sites for hydroxylation is 1. The van der Waals surface area contributed by atoms with E-state index in [2.05, 4.69) is 9.62 Å². The summed E-state index contributed by atoms with van der Waals surface area (Å²) < 4.78 is 37.9. The van der Waals surface area contributed by atoms with Crippen LogP contribution >= 0.6 is 0 Å². The number of hydrogen-bond donors (Lipinski definition) is 1. The first kappa shape index (κ1) is 19.9. The third kappa shape index (κ3) is 6.37. The van der Waals surface area contributed by atoms with Crippen LogP contribution in [-0.2, 0) is 23.0 Å². The van der Waals surface area contributed by atoms with Crippen molar-refractivity contribution in [2.75, 3.05) is 32.5 Å². The summed E-state index contributed by atoms with van der Waals surface area (Å²) in [5, 5.41) is 0. The summed E-state index contributed by atoms with van der Waals surface area (Å²) in [6.07, 6.45) is 4.20. The van der Waals surface area contributed by atoms with Gasteiger partial charge in [-0.3, -0.25) is 4.90 Å². The number of likely N-dealkylation sites (tertiary alicyclic amines) is 1. The Morgan fingerprint density at radius 1 is 1.19 bits per heavy atom. The zero-order valence-corrected chi connectivity index (χ0v) is 16.6. The summed E-state index contributed by atoms with van der Waals surface area (Å²) in [5.74, 6) is 2.26. The van der Waals surface area contributed by atoms with Crippen molar-refractivity contribution in [3.05, 3.63) is 54.0 Å². The minimum absolute atomic E-state index is 0.108. The van der Waals surface area contributed by atoms with Crippen LogP contribution in [-0.4, -0.2) is 45.8 Å². The molecule has 0 radical (unpaired) electrons. The third-order valence-electron chi connectivity index (χ3n) is 5.08. The lowest BCUT2D eigenvalue weighted by Gasteiger charge is -2.31. The summed E-state index contributed by atoms with van der Waals surface area (Å²) in [6, 6.07) is 11.4. The Hall–Kier alpha value is -1.83. The van der Waals surface area contributed by atoms with Gasteiger partial charge in [0.15, 0.2) is 0 Å². The van der Waals surface area contributed by atoms with Gasteiger partial charge < -0.3 is 9.15 Å². The van der Waals surface area contributed by atoms with E-state index in [0.29, 0.717) is 18.9 Å². The summed E-state index contributed by atoms with van der Waals surface area (Å²) in [5.41, 5.74) is 0.993. The van der Waals surface area contributed by atoms with Gasteiger partial charge >= 0.3 is 0 Å². The van der Waals surface area contributed by atoms with Gasteiger partial charge in [-0.1, -0.05) is 12.1 Å². The number of rotatable bonds is 9. The molecule has 0 saturated carbocycles. The van der Waals surface area contributed by atoms with Crippen LogP contribution in [0.15, 0.2) is 47.1 Å². The van der Waals surface area contributed by atoms with E-state index in [4.69, 9.17) is 9.15 Å². The average Bonchev–Trinajstić information content (AvgIpc) is 3.19. The molecule has 6 nitrogen and oxygen atoms in total. The smallest absolute Gasteiger partial charge is 0.211 e. The van der Waals surface area contributed by atoms with Gasteiger partial charge in [-0.25, -0.2) is 13.1 Å². The molecule has 1 aromatic heterocycles. The Kier molecular flexibility index (Phi) is 6.93. The molecule has 0 aliphatic carbocycles. The summed E-state index contributed by atoms with van der Waals surface area (Å²) >= 11 is 0. The van der Waals surface area contributed by atoms with Crippen molar-refractivity contribution in [1.82, 2.24) is 9.62 Å². The highest BCUT2D eigenvalue weighted by Crippen LogP contribution is 2.19. The number of nitrogens with one attached hydrogen (secondary N) is 1. The second kappa shape index (κ2) is 9.39. The van der Waals surface area contributed by atoms with Gasteiger partial charge in [-0.2, -0.15) is 0 Å². The minimum atomic E-state index is -3.26. The van der Waals surface area contributed by atoms with Crippen LogP contribution in [0.2, 0.25) is 0 Å². The first-order valence-electron chi connectivity index (χ1n) is 9.39. The highest BCUT2D eigenvalue weighted by Gasteiger charge is 2.21. The standard InChI is InChI=1S/C20H28N2O4S/c1-25-19-6-4-17(5-7-19)10-14-27(23,24)21-15-18-8-11-22(12-9-18)16-20-3-2-13-26-20/h2-7,13,18,21H,8-12,14-16H2,1H3. The molecule has 1 aromatic carbocycles. The lowest BCUT2D eigenvalue weighted by Crippen LogP contribution is -2.39. The average molecular weight is 393 g/mol. The maximum Gasteiger partial charge on any atom is 0.211 e. The fraction of sp³-hybridized carbons (Fsp3) is 0.500. The molecule has 1 fully saturated rings. The van der Waals surface area contributed by atoms with Crippen LogP contribution in [0.3, 0.4) is 0 Å². The number of methoxy groups -OCH3 is 1. The van der Waals surface area contributed by atoms with Gasteiger partial charge in [0.05, 0.1) is 25.7 Å². The number of ether oxygens (including phenoxy) is 1. The van der Waals surface area contributed by atoms with E-state index in [1.54, 1.807) is 13.4 Å². The molecule has 27 heavy (non-hydrogen) atoms. The van der Waals surface area contributed by atoms with Crippen LogP contribution in [0.25, 0.3) is 0 Å². The maximum absolute atomic E-state index is 12.3. The van der Waals surface area contributed by atoms with Crippen LogP contribution in [0.4, 0.5) is 0 Å². The zero-order chi connectivity index (χ0) is 19.1. The molecule has 0 bridgehead atoms. The van der Waals surface area contributed by atoms with E-state index in [1.807, 2.05) is 36.4 Å². The molecule has 148 valence electrons. The molecule has 1 saturated heterocycles. The zero-order valence-electron chi connectivity index (χ0n) is 15.8. The molecule has 2 heterocycles. The number of nitrogens with zero attached hydrogens (tertiary/aromatic N) is 1. The van der Waals surface area contributed by atoms with E-state index in [-0.39, 0.29) is 5.75 Å². The summed E-state index contributed by atoms with van der Waals surface area (Å²) in [4.78, 5) is 2.35. The molecule has 2 aromatic rings. The van der Waals surface area contributed by atoms with E-state index >= 15 is 0 Å². The summed E-state index contributed by atoms with van der Waals surface area (Å²) in [6.45, 7) is 3.30. The normalized spacial score (nSPS) is 16.5. The van der Waals surface area contributed by atoms with Crippen LogP contribution in [0.5, 0.6) is 5.75 Å². The van der Waals surface area contributed by atoms with Crippen molar-refractivity contribution in [3.8, 4) is 5.75 Å². The maximum atomic E-state index is 12.3. The summed E-state index contributed by atoms with van der Waals surface area (Å²) in [7, 11) is -1.64. The largest absolute Gasteiger partial charge is 0.497 e. The van der Waals surface area contributed by atoms with Crippen molar-refractivity contribution >= 4 is 10.0 Å². The first-order chi connectivity index (χ1) is 13.0. The van der Waals surface area contributed by atoms with E-state index < -0.39 is 10.0 Å². The molecule has 0 unspecified atom stereocenters. The van der Waals surface area contributed by atoms with Crippen molar-refractivity contribution < 1.29 is 17.6 Å². The molecule has 1 N–H and O–H groups in total. The Balaban J connectivity index is 1.37. The van der Waals surface area contributed by atoms with E-state index in [9.17, 15) is 8.42 Å². The van der Waals surface area contributed by atoms with Gasteiger partial charge in [0.2, 0.25) is 10.0 Å². The molecule has 0 atom stereocenters. The van der Waals surface area contributed by atoms with Gasteiger partial charge in [-0.05, 0) is 68.1 Å². The lowest BCUT2D eigenvalue weighted by atomic mass is 9.97. The Morgan fingerprint density at radius 2 is 1.93 bits per heavy atom. The third-order valence-corrected chi connectivity index (χ3v) is 6.43. The molecule has 0 spiro atoms. The van der Waals surface area contributed by atoms with Crippen LogP contribution in [0, 0.1) is 5.92 Å². The highest BCUT2D eigenvalue weighted by molar-refractivity contribution is 7.89. The quantitative estimate of drug-likeness (QED) is 0.710. The number of benzene rings is 1. The Bertz CT molecular complexity index is 780. The number of sulfonamides is 1. The molecule has 1 aliphatic rings. The van der Waals surface area contributed by atoms with E-state index in [0.717, 1.165) is 49.5 Å². The monoisotopic (exact) mass is 392 g/mol. The molecule has 1 aliphatic heterocycles. The predicted octanol–water partition coefficient (Wildman–Crippen LogP) is 2.66. The van der Waals surface area contributed by atoms with Gasteiger partial charge in [0.1, 0.15) is 11.5 Å². The SMILES string of the molecule is COc1ccc(CCS(=O)(=O)NCC2CCN(Cc3ccco3)CC2)cc1. The van der Waals surface area contributed by atoms with Crippen LogP contribution < -0.4 is 9.46 Å². The van der Waals surface area contributed by atoms with Gasteiger partial charge in [-0.15, -0.1) is 0 Å². The molecule has 0 amide bonds. The predicted molar refractivity (Wildman–Crippen MR) is 105 cm³/mol. The van der Waals surface area contributed by atoms with Crippen molar-refractivity contribution in [2.45, 2.75) is 25.8 Å². The van der Waals surface area contributed by atoms with Gasteiger partial charge in [0, 0.05) is 6.54 Å². The molecular formula is C20H28N2O4S. The van der Waals surface area contributed by atoms with E-state index in [1.165, 1.54) is 0 Å².